The van der Waals surface area contributed by atoms with Crippen LogP contribution in [-0.2, 0) is 5.41 Å². The number of aromatic nitrogens is 3. The fourth-order valence-corrected chi connectivity index (χ4v) is 0.676. The summed E-state index contributed by atoms with van der Waals surface area (Å²) >= 11 is 0. The average molecular weight is 151 g/mol. The second kappa shape index (κ2) is 2.57. The molecule has 0 fully saturated rings. The summed E-state index contributed by atoms with van der Waals surface area (Å²) in [6.07, 6.45) is 1.78. The van der Waals surface area contributed by atoms with Crippen molar-refractivity contribution in [3.63, 3.8) is 0 Å². The van der Waals surface area contributed by atoms with Crippen molar-refractivity contribution in [1.29, 1.82) is 0 Å². The summed E-state index contributed by atoms with van der Waals surface area (Å²) in [5, 5.41) is 7.92. The van der Waals surface area contributed by atoms with Crippen molar-refractivity contribution in [2.24, 2.45) is 0 Å². The van der Waals surface area contributed by atoms with Crippen LogP contribution in [0.1, 0.15) is 32.3 Å². The number of hydrogen-bond donors (Lipinski definition) is 0. The van der Waals surface area contributed by atoms with Crippen LogP contribution in [0.4, 0.5) is 0 Å². The van der Waals surface area contributed by atoms with E-state index in [1.54, 1.807) is 6.20 Å². The molecule has 1 heterocycles. The van der Waals surface area contributed by atoms with Crippen LogP contribution in [0.5, 0.6) is 0 Å². The maximum Gasteiger partial charge on any atom is 0.147 e. The molecule has 0 saturated carbocycles. The Morgan fingerprint density at radius 2 is 1.82 bits per heavy atom. The minimum Gasteiger partial charge on any atom is -0.238 e. The number of rotatable bonds is 0. The monoisotopic (exact) mass is 151 g/mol. The molecule has 0 aromatic carbocycles. The summed E-state index contributed by atoms with van der Waals surface area (Å²) in [5.41, 5.74) is 0.983. The van der Waals surface area contributed by atoms with Crippen LogP contribution in [0.25, 0.3) is 0 Å². The van der Waals surface area contributed by atoms with Crippen molar-refractivity contribution >= 4 is 0 Å². The Balaban J connectivity index is 2.99. The van der Waals surface area contributed by atoms with Crippen molar-refractivity contribution in [1.82, 2.24) is 15.2 Å². The number of aryl methyl sites for hydroxylation is 1. The fraction of sp³-hybridized carbons (Fsp3) is 0.625. The molecular weight excluding hydrogens is 138 g/mol. The highest BCUT2D eigenvalue weighted by Crippen LogP contribution is 2.17. The summed E-state index contributed by atoms with van der Waals surface area (Å²) in [4.78, 5) is 4.07. The van der Waals surface area contributed by atoms with Crippen LogP contribution < -0.4 is 0 Å². The van der Waals surface area contributed by atoms with Crippen molar-refractivity contribution < 1.29 is 0 Å². The smallest absolute Gasteiger partial charge is 0.147 e. The molecule has 0 spiro atoms. The van der Waals surface area contributed by atoms with Gasteiger partial charge in [-0.1, -0.05) is 20.8 Å². The van der Waals surface area contributed by atoms with Crippen LogP contribution in [-0.4, -0.2) is 15.2 Å². The molecule has 0 unspecified atom stereocenters. The topological polar surface area (TPSA) is 38.7 Å². The van der Waals surface area contributed by atoms with Gasteiger partial charge >= 0.3 is 0 Å². The maximum atomic E-state index is 4.07. The standard InChI is InChI=1S/C8H13N3/c1-6-9-5-7(11-10-6)8(2,3)4/h5H,1-4H3. The molecule has 1 aromatic rings. The number of nitrogens with zero attached hydrogens (tertiary/aromatic N) is 3. The van der Waals surface area contributed by atoms with Crippen LogP contribution in [0.3, 0.4) is 0 Å². The third kappa shape index (κ3) is 1.97. The van der Waals surface area contributed by atoms with Gasteiger partial charge in [0.05, 0.1) is 11.9 Å². The zero-order valence-corrected chi connectivity index (χ0v) is 7.42. The highest BCUT2D eigenvalue weighted by Gasteiger charge is 2.15. The molecule has 11 heavy (non-hydrogen) atoms. The molecule has 1 rings (SSSR count). The van der Waals surface area contributed by atoms with Gasteiger partial charge in [-0.2, -0.15) is 5.10 Å². The molecule has 0 bridgehead atoms. The van der Waals surface area contributed by atoms with E-state index in [0.717, 1.165) is 11.5 Å². The van der Waals surface area contributed by atoms with E-state index in [-0.39, 0.29) is 5.41 Å². The Kier molecular flexibility index (Phi) is 1.89. The fourth-order valence-electron chi connectivity index (χ4n) is 0.676. The highest BCUT2D eigenvalue weighted by molar-refractivity contribution is 5.06. The van der Waals surface area contributed by atoms with E-state index < -0.39 is 0 Å². The van der Waals surface area contributed by atoms with E-state index >= 15 is 0 Å². The Morgan fingerprint density at radius 3 is 2.18 bits per heavy atom. The minimum absolute atomic E-state index is 0.0493. The first kappa shape index (κ1) is 8.11. The van der Waals surface area contributed by atoms with E-state index in [1.807, 2.05) is 6.92 Å². The Labute approximate surface area is 66.9 Å². The second-order valence-corrected chi connectivity index (χ2v) is 3.64. The van der Waals surface area contributed by atoms with E-state index in [0.29, 0.717) is 0 Å². The quantitative estimate of drug-likeness (QED) is 0.563. The summed E-state index contributed by atoms with van der Waals surface area (Å²) < 4.78 is 0. The molecule has 60 valence electrons. The van der Waals surface area contributed by atoms with Crippen LogP contribution >= 0.6 is 0 Å². The normalized spacial score (nSPS) is 11.6. The van der Waals surface area contributed by atoms with E-state index in [9.17, 15) is 0 Å². The molecule has 0 aliphatic carbocycles. The average Bonchev–Trinajstić information content (AvgIpc) is 1.86. The van der Waals surface area contributed by atoms with Gasteiger partial charge in [-0.25, -0.2) is 4.98 Å². The summed E-state index contributed by atoms with van der Waals surface area (Å²) in [6, 6.07) is 0. The summed E-state index contributed by atoms with van der Waals surface area (Å²) in [7, 11) is 0. The van der Waals surface area contributed by atoms with Crippen LogP contribution in [0.15, 0.2) is 6.20 Å². The van der Waals surface area contributed by atoms with E-state index in [2.05, 4.69) is 36.0 Å². The van der Waals surface area contributed by atoms with Gasteiger partial charge in [0.15, 0.2) is 0 Å². The molecule has 3 nitrogen and oxygen atoms in total. The largest absolute Gasteiger partial charge is 0.238 e. The van der Waals surface area contributed by atoms with E-state index in [1.165, 1.54) is 0 Å². The lowest BCUT2D eigenvalue weighted by molar-refractivity contribution is 0.551. The van der Waals surface area contributed by atoms with Gasteiger partial charge in [-0.15, -0.1) is 5.10 Å². The van der Waals surface area contributed by atoms with Crippen LogP contribution in [0, 0.1) is 6.92 Å². The lowest BCUT2D eigenvalue weighted by Crippen LogP contribution is -2.15. The predicted octanol–water partition coefficient (Wildman–Crippen LogP) is 1.48. The summed E-state index contributed by atoms with van der Waals surface area (Å²) in [5.74, 6) is 0.720. The zero-order valence-electron chi connectivity index (χ0n) is 7.42. The predicted molar refractivity (Wildman–Crippen MR) is 43.3 cm³/mol. The minimum atomic E-state index is 0.0493. The molecule has 0 saturated heterocycles. The first-order chi connectivity index (χ1) is 5.00. The third-order valence-corrected chi connectivity index (χ3v) is 1.44. The van der Waals surface area contributed by atoms with Gasteiger partial charge < -0.3 is 0 Å². The molecule has 0 radical (unpaired) electrons. The van der Waals surface area contributed by atoms with Crippen molar-refractivity contribution in [3.8, 4) is 0 Å². The van der Waals surface area contributed by atoms with E-state index in [4.69, 9.17) is 0 Å². The van der Waals surface area contributed by atoms with Crippen molar-refractivity contribution in [2.45, 2.75) is 33.1 Å². The molecular formula is C8H13N3. The van der Waals surface area contributed by atoms with Crippen molar-refractivity contribution in [2.75, 3.05) is 0 Å². The maximum absolute atomic E-state index is 4.07. The molecule has 0 N–H and O–H groups in total. The molecule has 0 aliphatic rings. The lowest BCUT2D eigenvalue weighted by Gasteiger charge is -2.15. The Hall–Kier alpha value is -0.990. The van der Waals surface area contributed by atoms with Crippen molar-refractivity contribution in [3.05, 3.63) is 17.7 Å². The molecule has 0 aliphatic heterocycles. The zero-order chi connectivity index (χ0) is 8.48. The lowest BCUT2D eigenvalue weighted by atomic mass is 9.93. The van der Waals surface area contributed by atoms with Gasteiger partial charge in [-0.05, 0) is 6.92 Å². The van der Waals surface area contributed by atoms with Gasteiger partial charge in [0.2, 0.25) is 0 Å². The summed E-state index contributed by atoms with van der Waals surface area (Å²) in [6.45, 7) is 8.11. The SMILES string of the molecule is Cc1ncc(C(C)(C)C)nn1. The van der Waals surface area contributed by atoms with Crippen LogP contribution in [0.2, 0.25) is 0 Å². The van der Waals surface area contributed by atoms with Gasteiger partial charge in [0, 0.05) is 5.41 Å². The Bertz CT molecular complexity index is 233. The Morgan fingerprint density at radius 1 is 1.18 bits per heavy atom. The molecule has 0 atom stereocenters. The molecule has 1 aromatic heterocycles. The van der Waals surface area contributed by atoms with Gasteiger partial charge in [-0.3, -0.25) is 0 Å². The number of hydrogen-bond acceptors (Lipinski definition) is 3. The first-order valence-corrected chi connectivity index (χ1v) is 3.67. The second-order valence-electron chi connectivity index (χ2n) is 3.64. The molecule has 0 amide bonds. The van der Waals surface area contributed by atoms with Gasteiger partial charge in [0.1, 0.15) is 5.82 Å². The first-order valence-electron chi connectivity index (χ1n) is 3.67. The third-order valence-electron chi connectivity index (χ3n) is 1.44. The highest BCUT2D eigenvalue weighted by atomic mass is 15.2. The van der Waals surface area contributed by atoms with Gasteiger partial charge in [0.25, 0.3) is 0 Å². The molecule has 3 heteroatoms.